The van der Waals surface area contributed by atoms with Crippen LogP contribution in [0.2, 0.25) is 5.15 Å². The van der Waals surface area contributed by atoms with Crippen LogP contribution in [-0.2, 0) is 0 Å². The van der Waals surface area contributed by atoms with Gasteiger partial charge in [-0.1, -0.05) is 11.6 Å². The third-order valence-corrected chi connectivity index (χ3v) is 3.49. The zero-order chi connectivity index (χ0) is 14.0. The standard InChI is InChI=1S/C11H17ClN6O/c12-8-11(16-6-3-1-5(13)2-4-6)18-9(14)7(17-8)10(15)19/h5-6H,1-4,13H2,(H2,15,19)(H3,14,16,18). The van der Waals surface area contributed by atoms with E-state index in [4.69, 9.17) is 28.8 Å². The second kappa shape index (κ2) is 5.58. The Bertz CT molecular complexity index is 486. The Morgan fingerprint density at radius 3 is 2.47 bits per heavy atom. The summed E-state index contributed by atoms with van der Waals surface area (Å²) in [5.41, 5.74) is 16.5. The van der Waals surface area contributed by atoms with Crippen molar-refractivity contribution >= 4 is 29.1 Å². The van der Waals surface area contributed by atoms with Gasteiger partial charge in [0.05, 0.1) is 0 Å². The number of halogens is 1. The normalized spacial score (nSPS) is 23.1. The predicted octanol–water partition coefficient (Wildman–Crippen LogP) is 0.493. The SMILES string of the molecule is NC(=O)c1nc(Cl)c(NC2CCC(N)CC2)nc1N. The van der Waals surface area contributed by atoms with E-state index in [-0.39, 0.29) is 28.7 Å². The van der Waals surface area contributed by atoms with Gasteiger partial charge in [0.15, 0.2) is 22.5 Å². The number of anilines is 2. The van der Waals surface area contributed by atoms with Crippen molar-refractivity contribution in [2.24, 2.45) is 11.5 Å². The fraction of sp³-hybridized carbons (Fsp3) is 0.545. The van der Waals surface area contributed by atoms with Crippen molar-refractivity contribution in [3.63, 3.8) is 0 Å². The number of aromatic nitrogens is 2. The lowest BCUT2D eigenvalue weighted by Gasteiger charge is -2.27. The summed E-state index contributed by atoms with van der Waals surface area (Å²) in [6.07, 6.45) is 3.79. The predicted molar refractivity (Wildman–Crippen MR) is 73.8 cm³/mol. The Kier molecular flexibility index (Phi) is 4.06. The molecule has 1 amide bonds. The minimum absolute atomic E-state index is 0.0214. The molecule has 0 aliphatic heterocycles. The molecule has 0 unspecified atom stereocenters. The summed E-state index contributed by atoms with van der Waals surface area (Å²) in [5, 5.41) is 3.28. The molecule has 1 fully saturated rings. The number of nitrogens with one attached hydrogen (secondary N) is 1. The summed E-state index contributed by atoms with van der Waals surface area (Å²) in [5.74, 6) is -0.390. The van der Waals surface area contributed by atoms with Gasteiger partial charge in [-0.15, -0.1) is 0 Å². The lowest BCUT2D eigenvalue weighted by atomic mass is 9.92. The number of nitrogens with two attached hydrogens (primary N) is 3. The number of rotatable bonds is 3. The highest BCUT2D eigenvalue weighted by Gasteiger charge is 2.21. The maximum Gasteiger partial charge on any atom is 0.271 e. The molecule has 1 aliphatic rings. The van der Waals surface area contributed by atoms with Gasteiger partial charge in [0.2, 0.25) is 0 Å². The summed E-state index contributed by atoms with van der Waals surface area (Å²) < 4.78 is 0. The molecule has 0 atom stereocenters. The van der Waals surface area contributed by atoms with Gasteiger partial charge in [-0.2, -0.15) is 0 Å². The second-order valence-corrected chi connectivity index (χ2v) is 5.08. The third kappa shape index (κ3) is 3.24. The third-order valence-electron chi connectivity index (χ3n) is 3.23. The molecule has 7 nitrogen and oxygen atoms in total. The zero-order valence-electron chi connectivity index (χ0n) is 10.4. The van der Waals surface area contributed by atoms with Crippen LogP contribution in [-0.4, -0.2) is 28.0 Å². The Balaban J connectivity index is 2.13. The first-order chi connectivity index (χ1) is 8.97. The van der Waals surface area contributed by atoms with E-state index in [1.165, 1.54) is 0 Å². The largest absolute Gasteiger partial charge is 0.382 e. The number of nitrogens with zero attached hydrogens (tertiary/aromatic N) is 2. The van der Waals surface area contributed by atoms with Gasteiger partial charge >= 0.3 is 0 Å². The molecule has 7 N–H and O–H groups in total. The number of primary amides is 1. The first-order valence-electron chi connectivity index (χ1n) is 6.12. The van der Waals surface area contributed by atoms with Gasteiger partial charge in [0.25, 0.3) is 5.91 Å². The lowest BCUT2D eigenvalue weighted by Crippen LogP contribution is -2.33. The summed E-state index contributed by atoms with van der Waals surface area (Å²) in [4.78, 5) is 19.0. The van der Waals surface area contributed by atoms with Crippen molar-refractivity contribution < 1.29 is 4.79 Å². The molecular formula is C11H17ClN6O. The maximum absolute atomic E-state index is 11.1. The monoisotopic (exact) mass is 284 g/mol. The lowest BCUT2D eigenvalue weighted by molar-refractivity contribution is 0.0996. The molecule has 1 aromatic heterocycles. The number of nitrogen functional groups attached to an aromatic ring is 1. The average Bonchev–Trinajstić information content (AvgIpc) is 2.35. The van der Waals surface area contributed by atoms with Crippen LogP contribution < -0.4 is 22.5 Å². The van der Waals surface area contributed by atoms with Crippen molar-refractivity contribution in [2.45, 2.75) is 37.8 Å². The average molecular weight is 285 g/mol. The molecule has 1 heterocycles. The van der Waals surface area contributed by atoms with E-state index in [2.05, 4.69) is 15.3 Å². The van der Waals surface area contributed by atoms with Crippen LogP contribution in [0.5, 0.6) is 0 Å². The van der Waals surface area contributed by atoms with E-state index in [1.54, 1.807) is 0 Å². The molecule has 1 saturated carbocycles. The molecule has 19 heavy (non-hydrogen) atoms. The van der Waals surface area contributed by atoms with Crippen LogP contribution in [0.3, 0.4) is 0 Å². The quantitative estimate of drug-likeness (QED) is 0.638. The molecule has 2 rings (SSSR count). The van der Waals surface area contributed by atoms with E-state index in [0.717, 1.165) is 25.7 Å². The fourth-order valence-electron chi connectivity index (χ4n) is 2.16. The van der Waals surface area contributed by atoms with Gasteiger partial charge in [-0.3, -0.25) is 4.79 Å². The Morgan fingerprint density at radius 1 is 1.26 bits per heavy atom. The van der Waals surface area contributed by atoms with Gasteiger partial charge in [0.1, 0.15) is 0 Å². The Morgan fingerprint density at radius 2 is 1.89 bits per heavy atom. The van der Waals surface area contributed by atoms with Crippen molar-refractivity contribution in [3.05, 3.63) is 10.8 Å². The van der Waals surface area contributed by atoms with Crippen LogP contribution >= 0.6 is 11.6 Å². The molecule has 0 aromatic carbocycles. The Hall–Kier alpha value is -1.60. The highest BCUT2D eigenvalue weighted by Crippen LogP contribution is 2.25. The second-order valence-electron chi connectivity index (χ2n) is 4.72. The summed E-state index contributed by atoms with van der Waals surface area (Å²) in [6, 6.07) is 0.507. The van der Waals surface area contributed by atoms with Gasteiger partial charge in [0, 0.05) is 12.1 Å². The summed E-state index contributed by atoms with van der Waals surface area (Å²) in [6.45, 7) is 0. The first kappa shape index (κ1) is 13.8. The number of amides is 1. The number of hydrogen-bond acceptors (Lipinski definition) is 6. The number of carbonyl (C=O) groups excluding carboxylic acids is 1. The summed E-state index contributed by atoms with van der Waals surface area (Å²) >= 11 is 5.97. The molecular weight excluding hydrogens is 268 g/mol. The molecule has 104 valence electrons. The Labute approximate surface area is 115 Å². The zero-order valence-corrected chi connectivity index (χ0v) is 11.2. The number of hydrogen-bond donors (Lipinski definition) is 4. The van der Waals surface area contributed by atoms with E-state index < -0.39 is 5.91 Å². The van der Waals surface area contributed by atoms with Crippen molar-refractivity contribution in [3.8, 4) is 0 Å². The molecule has 0 saturated heterocycles. The van der Waals surface area contributed by atoms with Gasteiger partial charge < -0.3 is 22.5 Å². The topological polar surface area (TPSA) is 133 Å². The van der Waals surface area contributed by atoms with Gasteiger partial charge in [-0.05, 0) is 25.7 Å². The van der Waals surface area contributed by atoms with Crippen LogP contribution in [0.25, 0.3) is 0 Å². The van der Waals surface area contributed by atoms with E-state index in [1.807, 2.05) is 0 Å². The fourth-order valence-corrected chi connectivity index (χ4v) is 2.34. The van der Waals surface area contributed by atoms with Crippen LogP contribution in [0, 0.1) is 0 Å². The first-order valence-corrected chi connectivity index (χ1v) is 6.50. The van der Waals surface area contributed by atoms with Crippen molar-refractivity contribution in [2.75, 3.05) is 11.1 Å². The minimum Gasteiger partial charge on any atom is -0.382 e. The van der Waals surface area contributed by atoms with E-state index >= 15 is 0 Å². The molecule has 0 radical (unpaired) electrons. The smallest absolute Gasteiger partial charge is 0.271 e. The van der Waals surface area contributed by atoms with Crippen molar-refractivity contribution in [1.82, 2.24) is 9.97 Å². The highest BCUT2D eigenvalue weighted by molar-refractivity contribution is 6.32. The van der Waals surface area contributed by atoms with Crippen LogP contribution in [0.4, 0.5) is 11.6 Å². The summed E-state index contributed by atoms with van der Waals surface area (Å²) in [7, 11) is 0. The van der Waals surface area contributed by atoms with Gasteiger partial charge in [-0.25, -0.2) is 9.97 Å². The molecule has 8 heteroatoms. The number of carbonyl (C=O) groups is 1. The van der Waals surface area contributed by atoms with E-state index in [9.17, 15) is 4.79 Å². The van der Waals surface area contributed by atoms with E-state index in [0.29, 0.717) is 5.82 Å². The van der Waals surface area contributed by atoms with Crippen LogP contribution in [0.15, 0.2) is 0 Å². The highest BCUT2D eigenvalue weighted by atomic mass is 35.5. The van der Waals surface area contributed by atoms with Crippen LogP contribution in [0.1, 0.15) is 36.2 Å². The minimum atomic E-state index is -0.748. The maximum atomic E-state index is 11.1. The van der Waals surface area contributed by atoms with Crippen molar-refractivity contribution in [1.29, 1.82) is 0 Å². The molecule has 1 aromatic rings. The molecule has 0 bridgehead atoms. The molecule has 1 aliphatic carbocycles. The molecule has 0 spiro atoms.